The van der Waals surface area contributed by atoms with Gasteiger partial charge in [0.05, 0.1) is 6.04 Å². The Morgan fingerprint density at radius 2 is 2.00 bits per heavy atom. The van der Waals surface area contributed by atoms with Gasteiger partial charge in [0, 0.05) is 30.3 Å². The Bertz CT molecular complexity index is 881. The molecule has 6 nitrogen and oxygen atoms in total. The number of carbonyl (C=O) groups is 2. The number of aromatic nitrogens is 2. The Morgan fingerprint density at radius 1 is 1.24 bits per heavy atom. The summed E-state index contributed by atoms with van der Waals surface area (Å²) in [4.78, 5) is 32.5. The van der Waals surface area contributed by atoms with Crippen LogP contribution < -0.4 is 10.1 Å². The number of halogens is 3. The molecular formula is C20H20F3N3O3. The van der Waals surface area contributed by atoms with E-state index in [1.807, 2.05) is 0 Å². The number of alkyl halides is 3. The molecule has 0 saturated heterocycles. The van der Waals surface area contributed by atoms with Crippen molar-refractivity contribution in [3.05, 3.63) is 53.5 Å². The number of amides is 1. The maximum Gasteiger partial charge on any atom is 0.422 e. The van der Waals surface area contributed by atoms with E-state index in [9.17, 15) is 22.8 Å². The molecule has 1 saturated carbocycles. The smallest absolute Gasteiger partial charge is 0.422 e. The lowest BCUT2D eigenvalue weighted by atomic mass is 10.1. The van der Waals surface area contributed by atoms with Gasteiger partial charge in [-0.2, -0.15) is 13.2 Å². The third kappa shape index (κ3) is 6.27. The second-order valence-corrected chi connectivity index (χ2v) is 6.96. The molecule has 1 unspecified atom stereocenters. The molecule has 0 bridgehead atoms. The minimum Gasteiger partial charge on any atom is -0.468 e. The molecule has 0 spiro atoms. The van der Waals surface area contributed by atoms with Crippen molar-refractivity contribution in [3.63, 3.8) is 0 Å². The summed E-state index contributed by atoms with van der Waals surface area (Å²) in [5, 5.41) is 2.76. The van der Waals surface area contributed by atoms with Crippen LogP contribution in [0.15, 0.2) is 36.5 Å². The van der Waals surface area contributed by atoms with Crippen LogP contribution in [0.3, 0.4) is 0 Å². The molecule has 3 rings (SSSR count). The maximum atomic E-state index is 12.5. The van der Waals surface area contributed by atoms with Crippen LogP contribution in [-0.2, 0) is 11.2 Å². The summed E-state index contributed by atoms with van der Waals surface area (Å²) in [6, 6.07) is 7.33. The summed E-state index contributed by atoms with van der Waals surface area (Å²) >= 11 is 0. The van der Waals surface area contributed by atoms with Crippen molar-refractivity contribution in [2.75, 3.05) is 6.61 Å². The second-order valence-electron chi connectivity index (χ2n) is 6.96. The first-order valence-corrected chi connectivity index (χ1v) is 9.16. The number of pyridine rings is 2. The normalized spacial score (nSPS) is 14.9. The van der Waals surface area contributed by atoms with E-state index in [1.54, 1.807) is 25.1 Å². The Morgan fingerprint density at radius 3 is 2.62 bits per heavy atom. The summed E-state index contributed by atoms with van der Waals surface area (Å²) in [5.74, 6) is -0.304. The van der Waals surface area contributed by atoms with Crippen molar-refractivity contribution in [3.8, 4) is 5.88 Å². The van der Waals surface area contributed by atoms with Crippen LogP contribution in [0.2, 0.25) is 0 Å². The third-order valence-corrected chi connectivity index (χ3v) is 4.42. The fourth-order valence-corrected chi connectivity index (χ4v) is 2.68. The van der Waals surface area contributed by atoms with E-state index in [4.69, 9.17) is 0 Å². The first kappa shape index (κ1) is 20.8. The van der Waals surface area contributed by atoms with Crippen molar-refractivity contribution in [2.24, 2.45) is 5.92 Å². The first-order valence-electron chi connectivity index (χ1n) is 9.16. The van der Waals surface area contributed by atoms with E-state index in [1.165, 1.54) is 18.3 Å². The monoisotopic (exact) mass is 407 g/mol. The molecule has 1 atom stereocenters. The van der Waals surface area contributed by atoms with Crippen molar-refractivity contribution < 1.29 is 27.5 Å². The molecule has 1 aliphatic carbocycles. The highest BCUT2D eigenvalue weighted by molar-refractivity contribution is 5.92. The number of ketones is 1. The van der Waals surface area contributed by atoms with Crippen molar-refractivity contribution in [1.82, 2.24) is 15.3 Å². The number of rotatable bonds is 8. The van der Waals surface area contributed by atoms with E-state index in [-0.39, 0.29) is 29.7 Å². The Hall–Kier alpha value is -2.97. The lowest BCUT2D eigenvalue weighted by Gasteiger charge is -2.15. The van der Waals surface area contributed by atoms with Gasteiger partial charge in [-0.1, -0.05) is 12.1 Å². The van der Waals surface area contributed by atoms with Crippen LogP contribution >= 0.6 is 0 Å². The molecule has 2 heterocycles. The zero-order chi connectivity index (χ0) is 21.0. The van der Waals surface area contributed by atoms with E-state index in [0.717, 1.165) is 12.8 Å². The fraction of sp³-hybridized carbons (Fsp3) is 0.400. The highest BCUT2D eigenvalue weighted by Gasteiger charge is 2.30. The van der Waals surface area contributed by atoms with Gasteiger partial charge in [-0.3, -0.25) is 9.59 Å². The van der Waals surface area contributed by atoms with Gasteiger partial charge in [-0.25, -0.2) is 9.97 Å². The molecule has 1 amide bonds. The highest BCUT2D eigenvalue weighted by atomic mass is 19.4. The molecule has 9 heteroatoms. The summed E-state index contributed by atoms with van der Waals surface area (Å²) < 4.78 is 41.1. The van der Waals surface area contributed by atoms with Gasteiger partial charge in [0.25, 0.3) is 5.91 Å². The topological polar surface area (TPSA) is 81.2 Å². The largest absolute Gasteiger partial charge is 0.468 e. The van der Waals surface area contributed by atoms with Gasteiger partial charge in [0.15, 0.2) is 6.61 Å². The van der Waals surface area contributed by atoms with Gasteiger partial charge in [0.1, 0.15) is 11.5 Å². The second kappa shape index (κ2) is 8.59. The summed E-state index contributed by atoms with van der Waals surface area (Å²) in [5.41, 5.74) is 1.34. The zero-order valence-corrected chi connectivity index (χ0v) is 15.7. The molecular weight excluding hydrogens is 387 g/mol. The molecule has 0 aromatic carbocycles. The van der Waals surface area contributed by atoms with E-state index in [2.05, 4.69) is 20.0 Å². The average molecular weight is 407 g/mol. The predicted molar refractivity (Wildman–Crippen MR) is 97.3 cm³/mol. The van der Waals surface area contributed by atoms with E-state index in [0.29, 0.717) is 11.3 Å². The zero-order valence-electron chi connectivity index (χ0n) is 15.7. The van der Waals surface area contributed by atoms with E-state index >= 15 is 0 Å². The molecule has 0 aliphatic heterocycles. The molecule has 1 fully saturated rings. The fourth-order valence-electron chi connectivity index (χ4n) is 2.68. The molecule has 2 aromatic rings. The summed E-state index contributed by atoms with van der Waals surface area (Å²) in [7, 11) is 0. The van der Waals surface area contributed by atoms with Gasteiger partial charge < -0.3 is 10.1 Å². The van der Waals surface area contributed by atoms with Crippen LogP contribution in [0.25, 0.3) is 0 Å². The van der Waals surface area contributed by atoms with Crippen molar-refractivity contribution in [1.29, 1.82) is 0 Å². The van der Waals surface area contributed by atoms with Gasteiger partial charge in [0.2, 0.25) is 5.88 Å². The highest BCUT2D eigenvalue weighted by Crippen LogP contribution is 2.30. The molecule has 29 heavy (non-hydrogen) atoms. The number of carbonyl (C=O) groups excluding carboxylic acids is 2. The third-order valence-electron chi connectivity index (χ3n) is 4.42. The number of ether oxygens (including phenoxy) is 1. The van der Waals surface area contributed by atoms with Crippen LogP contribution in [0, 0.1) is 5.92 Å². The summed E-state index contributed by atoms with van der Waals surface area (Å²) in [6.07, 6.45) is -1.04. The number of hydrogen-bond donors (Lipinski definition) is 1. The molecule has 1 aliphatic rings. The Balaban J connectivity index is 1.57. The van der Waals surface area contributed by atoms with Gasteiger partial charge >= 0.3 is 6.18 Å². The minimum absolute atomic E-state index is 0.130. The first-order chi connectivity index (χ1) is 13.7. The molecule has 2 aromatic heterocycles. The van der Waals surface area contributed by atoms with Gasteiger partial charge in [-0.05, 0) is 37.5 Å². The quantitative estimate of drug-likeness (QED) is 0.725. The van der Waals surface area contributed by atoms with Crippen LogP contribution in [-0.4, -0.2) is 34.4 Å². The lowest BCUT2D eigenvalue weighted by Crippen LogP contribution is -2.28. The number of nitrogens with zero attached hydrogens (tertiary/aromatic N) is 2. The SMILES string of the molecule is CC(NC(=O)c1cccc(CC(=O)C2CC2)n1)c1ccc(OCC(F)(F)F)nc1. The molecule has 1 N–H and O–H groups in total. The number of hydrogen-bond acceptors (Lipinski definition) is 5. The predicted octanol–water partition coefficient (Wildman–Crippen LogP) is 3.43. The molecule has 154 valence electrons. The van der Waals surface area contributed by atoms with E-state index < -0.39 is 24.7 Å². The maximum absolute atomic E-state index is 12.5. The van der Waals surface area contributed by atoms with Gasteiger partial charge in [-0.15, -0.1) is 0 Å². The minimum atomic E-state index is -4.44. The Labute approximate surface area is 165 Å². The van der Waals surface area contributed by atoms with Crippen LogP contribution in [0.5, 0.6) is 5.88 Å². The average Bonchev–Trinajstić information content (AvgIpc) is 3.52. The van der Waals surface area contributed by atoms with Crippen molar-refractivity contribution in [2.45, 2.75) is 38.4 Å². The van der Waals surface area contributed by atoms with Crippen LogP contribution in [0.4, 0.5) is 13.2 Å². The molecule has 0 radical (unpaired) electrons. The van der Waals surface area contributed by atoms with Crippen LogP contribution in [0.1, 0.15) is 47.6 Å². The number of nitrogens with one attached hydrogen (secondary N) is 1. The Kier molecular flexibility index (Phi) is 6.14. The summed E-state index contributed by atoms with van der Waals surface area (Å²) in [6.45, 7) is 0.294. The number of Topliss-reactive ketones (excluding diaryl/α,β-unsaturated/α-hetero) is 1. The lowest BCUT2D eigenvalue weighted by molar-refractivity contribution is -0.154. The van der Waals surface area contributed by atoms with Crippen molar-refractivity contribution >= 4 is 11.7 Å². The standard InChI is InChI=1S/C20H20F3N3O3/c1-12(14-7-8-18(24-10-14)29-11-20(21,22)23)25-19(28)16-4-2-3-15(26-16)9-17(27)13-5-6-13/h2-4,7-8,10,12-13H,5-6,9,11H2,1H3,(H,25,28).